The zero-order valence-corrected chi connectivity index (χ0v) is 9.56. The third-order valence-corrected chi connectivity index (χ3v) is 3.41. The Hall–Kier alpha value is -0.870. The highest BCUT2D eigenvalue weighted by molar-refractivity contribution is 5.02. The fraction of sp³-hybridized carbons (Fsp3) is 0.750. The molecule has 1 aliphatic heterocycles. The summed E-state index contributed by atoms with van der Waals surface area (Å²) in [6, 6.07) is 0.700. The van der Waals surface area contributed by atoms with Crippen molar-refractivity contribution in [3.8, 4) is 0 Å². The van der Waals surface area contributed by atoms with E-state index in [1.54, 1.807) is 0 Å². The zero-order chi connectivity index (χ0) is 10.8. The van der Waals surface area contributed by atoms with Crippen molar-refractivity contribution in [2.45, 2.75) is 44.4 Å². The number of aromatic nitrogens is 2. The number of nitrogens with zero attached hydrogens (tertiary/aromatic N) is 2. The first-order valence-corrected chi connectivity index (χ1v) is 6.26. The van der Waals surface area contributed by atoms with Gasteiger partial charge in [0.15, 0.2) is 0 Å². The summed E-state index contributed by atoms with van der Waals surface area (Å²) < 4.78 is 8.20. The van der Waals surface area contributed by atoms with Crippen molar-refractivity contribution in [1.29, 1.82) is 0 Å². The van der Waals surface area contributed by atoms with E-state index < -0.39 is 0 Å². The quantitative estimate of drug-likeness (QED) is 0.837. The maximum Gasteiger partial charge on any atom is 0.0951 e. The van der Waals surface area contributed by atoms with Gasteiger partial charge in [0.25, 0.3) is 0 Å². The Balaban J connectivity index is 1.54. The van der Waals surface area contributed by atoms with Crippen molar-refractivity contribution in [1.82, 2.24) is 14.9 Å². The highest BCUT2D eigenvalue weighted by Crippen LogP contribution is 2.35. The maximum atomic E-state index is 5.92. The van der Waals surface area contributed by atoms with E-state index in [0.29, 0.717) is 18.8 Å². The molecule has 1 N–H and O–H groups in total. The number of imidazole rings is 1. The van der Waals surface area contributed by atoms with Crippen molar-refractivity contribution in [2.75, 3.05) is 13.1 Å². The molecule has 1 aliphatic carbocycles. The third kappa shape index (κ3) is 2.28. The van der Waals surface area contributed by atoms with E-state index in [0.717, 1.165) is 13.1 Å². The van der Waals surface area contributed by atoms with Crippen LogP contribution in [0.3, 0.4) is 0 Å². The second kappa shape index (κ2) is 4.55. The lowest BCUT2D eigenvalue weighted by Crippen LogP contribution is -2.35. The molecule has 2 heterocycles. The molecule has 0 amide bonds. The second-order valence-corrected chi connectivity index (χ2v) is 4.80. The minimum absolute atomic E-state index is 0.385. The summed E-state index contributed by atoms with van der Waals surface area (Å²) in [6.45, 7) is 2.85. The molecule has 4 heteroatoms. The number of ether oxygens (including phenoxy) is 1. The van der Waals surface area contributed by atoms with Crippen molar-refractivity contribution < 1.29 is 4.74 Å². The van der Waals surface area contributed by atoms with Crippen LogP contribution in [0.1, 0.15) is 37.4 Å². The Labute approximate surface area is 96.0 Å². The summed E-state index contributed by atoms with van der Waals surface area (Å²) in [6.07, 6.45) is 9.28. The molecule has 0 radical (unpaired) electrons. The third-order valence-electron chi connectivity index (χ3n) is 3.41. The molecule has 88 valence electrons. The van der Waals surface area contributed by atoms with Crippen molar-refractivity contribution in [3.63, 3.8) is 0 Å². The fourth-order valence-corrected chi connectivity index (χ4v) is 2.29. The Morgan fingerprint density at radius 1 is 1.44 bits per heavy atom. The zero-order valence-electron chi connectivity index (χ0n) is 9.56. The van der Waals surface area contributed by atoms with Crippen molar-refractivity contribution in [2.24, 2.45) is 0 Å². The van der Waals surface area contributed by atoms with E-state index >= 15 is 0 Å². The smallest absolute Gasteiger partial charge is 0.0951 e. The van der Waals surface area contributed by atoms with Gasteiger partial charge in [0, 0.05) is 12.6 Å². The van der Waals surface area contributed by atoms with Crippen LogP contribution >= 0.6 is 0 Å². The van der Waals surface area contributed by atoms with E-state index in [1.165, 1.54) is 31.4 Å². The second-order valence-electron chi connectivity index (χ2n) is 4.80. The summed E-state index contributed by atoms with van der Waals surface area (Å²) in [5, 5.41) is 3.37. The average Bonchev–Trinajstić information content (AvgIpc) is 3.07. The molecule has 0 bridgehead atoms. The van der Waals surface area contributed by atoms with Crippen LogP contribution in [0.15, 0.2) is 12.5 Å². The predicted octanol–water partition coefficient (Wildman–Crippen LogP) is 1.49. The summed E-state index contributed by atoms with van der Waals surface area (Å²) in [5.74, 6) is 0. The van der Waals surface area contributed by atoms with Crippen LogP contribution in [0.5, 0.6) is 0 Å². The van der Waals surface area contributed by atoms with E-state index in [4.69, 9.17) is 4.74 Å². The summed E-state index contributed by atoms with van der Waals surface area (Å²) >= 11 is 0. The van der Waals surface area contributed by atoms with Gasteiger partial charge in [-0.05, 0) is 32.2 Å². The topological polar surface area (TPSA) is 39.1 Å². The summed E-state index contributed by atoms with van der Waals surface area (Å²) in [4.78, 5) is 4.21. The first-order valence-electron chi connectivity index (χ1n) is 6.26. The molecule has 2 fully saturated rings. The van der Waals surface area contributed by atoms with E-state index in [-0.39, 0.29) is 0 Å². The molecule has 4 nitrogen and oxygen atoms in total. The number of piperidine rings is 1. The molecule has 16 heavy (non-hydrogen) atoms. The van der Waals surface area contributed by atoms with E-state index in [2.05, 4.69) is 14.9 Å². The van der Waals surface area contributed by atoms with Crippen molar-refractivity contribution >= 4 is 0 Å². The molecular weight excluding hydrogens is 202 g/mol. The van der Waals surface area contributed by atoms with E-state index in [9.17, 15) is 0 Å². The first kappa shape index (κ1) is 10.3. The number of hydrogen-bond acceptors (Lipinski definition) is 3. The predicted molar refractivity (Wildman–Crippen MR) is 61.2 cm³/mol. The molecule has 1 aromatic heterocycles. The molecule has 1 atom stereocenters. The lowest BCUT2D eigenvalue weighted by atomic mass is 10.1. The van der Waals surface area contributed by atoms with Gasteiger partial charge in [0.2, 0.25) is 0 Å². The monoisotopic (exact) mass is 221 g/mol. The minimum atomic E-state index is 0.385. The Morgan fingerprint density at radius 2 is 2.38 bits per heavy atom. The molecule has 2 aliphatic rings. The van der Waals surface area contributed by atoms with Gasteiger partial charge >= 0.3 is 0 Å². The van der Waals surface area contributed by atoms with Crippen molar-refractivity contribution in [3.05, 3.63) is 18.2 Å². The normalized spacial score (nSPS) is 25.9. The Kier molecular flexibility index (Phi) is 2.93. The van der Waals surface area contributed by atoms with Crippen LogP contribution in [-0.4, -0.2) is 28.7 Å². The highest BCUT2D eigenvalue weighted by Gasteiger charge is 2.25. The van der Waals surface area contributed by atoms with Gasteiger partial charge in [-0.3, -0.25) is 0 Å². The minimum Gasteiger partial charge on any atom is -0.371 e. The van der Waals surface area contributed by atoms with E-state index in [1.807, 2.05) is 12.5 Å². The molecular formula is C12H19N3O. The van der Waals surface area contributed by atoms with Crippen LogP contribution in [0.25, 0.3) is 0 Å². The van der Waals surface area contributed by atoms with Gasteiger partial charge in [-0.15, -0.1) is 0 Å². The molecule has 0 aromatic carbocycles. The molecule has 3 rings (SSSR count). The largest absolute Gasteiger partial charge is 0.371 e. The molecule has 0 spiro atoms. The lowest BCUT2D eigenvalue weighted by Gasteiger charge is -2.23. The van der Waals surface area contributed by atoms with Gasteiger partial charge < -0.3 is 14.6 Å². The Morgan fingerprint density at radius 3 is 3.12 bits per heavy atom. The molecule has 0 unspecified atom stereocenters. The van der Waals surface area contributed by atoms with Gasteiger partial charge in [0.1, 0.15) is 0 Å². The van der Waals surface area contributed by atoms with Gasteiger partial charge in [-0.2, -0.15) is 0 Å². The average molecular weight is 221 g/mol. The standard InChI is InChI=1S/C12H19N3O/c1-2-12(7-13-5-1)16-8-11-6-14-9-15(11)10-3-4-10/h6,9-10,12-13H,1-5,7-8H2/t12-/m0/s1. The van der Waals surface area contributed by atoms with Gasteiger partial charge in [0.05, 0.1) is 30.9 Å². The van der Waals surface area contributed by atoms with Gasteiger partial charge in [-0.25, -0.2) is 4.98 Å². The van der Waals surface area contributed by atoms with Crippen LogP contribution in [0.4, 0.5) is 0 Å². The SMILES string of the molecule is c1ncn(C2CC2)c1CO[C@H]1CCCNC1. The molecule has 1 aromatic rings. The number of nitrogens with one attached hydrogen (secondary N) is 1. The van der Waals surface area contributed by atoms with Gasteiger partial charge in [-0.1, -0.05) is 0 Å². The van der Waals surface area contributed by atoms with Crippen LogP contribution in [-0.2, 0) is 11.3 Å². The number of rotatable bonds is 4. The summed E-state index contributed by atoms with van der Waals surface area (Å²) in [5.41, 5.74) is 1.23. The first-order chi connectivity index (χ1) is 7.93. The summed E-state index contributed by atoms with van der Waals surface area (Å²) in [7, 11) is 0. The maximum absolute atomic E-state index is 5.92. The molecule has 1 saturated carbocycles. The molecule has 1 saturated heterocycles. The van der Waals surface area contributed by atoms with Crippen LogP contribution in [0.2, 0.25) is 0 Å². The number of hydrogen-bond donors (Lipinski definition) is 1. The Bertz CT molecular complexity index is 340. The highest BCUT2D eigenvalue weighted by atomic mass is 16.5. The van der Waals surface area contributed by atoms with Crippen LogP contribution in [0, 0.1) is 0 Å². The van der Waals surface area contributed by atoms with Crippen LogP contribution < -0.4 is 5.32 Å². The lowest BCUT2D eigenvalue weighted by molar-refractivity contribution is 0.0222. The fourth-order valence-electron chi connectivity index (χ4n) is 2.29.